The van der Waals surface area contributed by atoms with Gasteiger partial charge in [-0.25, -0.2) is 4.79 Å². The molecule has 4 amide bonds. The lowest BCUT2D eigenvalue weighted by Gasteiger charge is -2.60. The second kappa shape index (κ2) is 10.3. The largest absolute Gasteiger partial charge is 0.328 e. The van der Waals surface area contributed by atoms with Crippen LogP contribution in [0.15, 0.2) is 24.3 Å². The molecular weight excluding hydrogens is 440 g/mol. The van der Waals surface area contributed by atoms with E-state index < -0.39 is 6.03 Å². The number of amides is 4. The fourth-order valence-corrected chi connectivity index (χ4v) is 7.52. The molecule has 0 unspecified atom stereocenters. The van der Waals surface area contributed by atoms with Crippen LogP contribution >= 0.6 is 0 Å². The lowest BCUT2D eigenvalue weighted by Crippen LogP contribution is -2.58. The first-order chi connectivity index (χ1) is 16.9. The number of carbonyl (C=O) groups is 3. The summed E-state index contributed by atoms with van der Waals surface area (Å²) in [5.74, 6) is 2.77. The number of benzene rings is 1. The summed E-state index contributed by atoms with van der Waals surface area (Å²) in [7, 11) is 2.36. The molecule has 2 N–H and O–H groups in total. The van der Waals surface area contributed by atoms with E-state index in [-0.39, 0.29) is 11.8 Å². The van der Waals surface area contributed by atoms with Crippen molar-refractivity contribution < 1.29 is 14.4 Å². The van der Waals surface area contributed by atoms with E-state index in [4.69, 9.17) is 0 Å². The summed E-state index contributed by atoms with van der Waals surface area (Å²) < 4.78 is 0. The number of rotatable bonds is 10. The Labute approximate surface area is 209 Å². The molecule has 4 aliphatic carbocycles. The van der Waals surface area contributed by atoms with Crippen molar-refractivity contribution in [2.45, 2.75) is 82.6 Å². The first-order valence-electron chi connectivity index (χ1n) is 13.6. The van der Waals surface area contributed by atoms with Crippen LogP contribution in [0.1, 0.15) is 77.0 Å². The van der Waals surface area contributed by atoms with Crippen molar-refractivity contribution in [2.24, 2.45) is 17.8 Å². The van der Waals surface area contributed by atoms with E-state index in [1.807, 2.05) is 0 Å². The van der Waals surface area contributed by atoms with Crippen molar-refractivity contribution in [3.05, 3.63) is 24.3 Å². The monoisotopic (exact) mass is 480 g/mol. The summed E-state index contributed by atoms with van der Waals surface area (Å²) in [5, 5.41) is 5.28. The number of nitrogens with zero attached hydrogens (tertiary/aromatic N) is 2. The third kappa shape index (κ3) is 5.55. The Morgan fingerprint density at radius 2 is 1.63 bits per heavy atom. The lowest BCUT2D eigenvalue weighted by molar-refractivity contribution is -0.120. The van der Waals surface area contributed by atoms with Gasteiger partial charge in [0.15, 0.2) is 0 Å². The Morgan fingerprint density at radius 3 is 2.26 bits per heavy atom. The smallest absolute Gasteiger partial charge is 0.326 e. The minimum Gasteiger partial charge on any atom is -0.326 e. The van der Waals surface area contributed by atoms with Gasteiger partial charge in [0, 0.05) is 36.3 Å². The molecule has 0 aromatic heterocycles. The summed E-state index contributed by atoms with van der Waals surface area (Å²) in [4.78, 5) is 39.9. The van der Waals surface area contributed by atoms with Crippen molar-refractivity contribution in [1.29, 1.82) is 0 Å². The molecule has 4 bridgehead atoms. The zero-order chi connectivity index (χ0) is 24.4. The highest BCUT2D eigenvalue weighted by Gasteiger charge is 2.52. The van der Waals surface area contributed by atoms with Gasteiger partial charge in [-0.05, 0) is 107 Å². The molecule has 0 atom stereocenters. The number of hydrogen-bond acceptors (Lipinski definition) is 4. The third-order valence-electron chi connectivity index (χ3n) is 8.98. The van der Waals surface area contributed by atoms with Gasteiger partial charge < -0.3 is 10.2 Å². The summed E-state index contributed by atoms with van der Waals surface area (Å²) in [5.41, 5.74) is 1.94. The van der Waals surface area contributed by atoms with Crippen molar-refractivity contribution in [1.82, 2.24) is 10.2 Å². The Balaban J connectivity index is 0.975. The molecule has 1 aromatic rings. The van der Waals surface area contributed by atoms with E-state index in [1.54, 1.807) is 24.3 Å². The molecule has 1 heterocycles. The van der Waals surface area contributed by atoms with Gasteiger partial charge in [-0.2, -0.15) is 0 Å². The van der Waals surface area contributed by atoms with Crippen molar-refractivity contribution in [2.75, 3.05) is 30.4 Å². The summed E-state index contributed by atoms with van der Waals surface area (Å²) >= 11 is 0. The first kappa shape index (κ1) is 24.3. The molecule has 7 heteroatoms. The van der Waals surface area contributed by atoms with Gasteiger partial charge in [0.1, 0.15) is 0 Å². The second-order valence-corrected chi connectivity index (χ2v) is 11.6. The van der Waals surface area contributed by atoms with E-state index in [2.05, 4.69) is 22.6 Å². The van der Waals surface area contributed by atoms with Crippen LogP contribution in [-0.4, -0.2) is 48.4 Å². The van der Waals surface area contributed by atoms with Crippen LogP contribution in [0.2, 0.25) is 0 Å². The van der Waals surface area contributed by atoms with Gasteiger partial charge in [0.2, 0.25) is 11.8 Å². The maximum absolute atomic E-state index is 12.4. The zero-order valence-electron chi connectivity index (χ0n) is 21.1. The number of anilines is 2. The molecule has 7 nitrogen and oxygen atoms in total. The Morgan fingerprint density at radius 1 is 1.00 bits per heavy atom. The highest BCUT2D eigenvalue weighted by atomic mass is 16.2. The Kier molecular flexibility index (Phi) is 7.14. The number of carbonyl (C=O) groups excluding carboxylic acids is 3. The molecular formula is C28H40N4O3. The van der Waals surface area contributed by atoms with Crippen LogP contribution in [-0.2, 0) is 9.59 Å². The zero-order valence-corrected chi connectivity index (χ0v) is 21.1. The summed E-state index contributed by atoms with van der Waals surface area (Å²) in [6.07, 6.45) is 14.0. The molecule has 35 heavy (non-hydrogen) atoms. The van der Waals surface area contributed by atoms with Gasteiger partial charge in [0.25, 0.3) is 0 Å². The van der Waals surface area contributed by atoms with Crippen LogP contribution in [0.3, 0.4) is 0 Å². The quantitative estimate of drug-likeness (QED) is 0.466. The Bertz CT molecular complexity index is 909. The molecule has 0 spiro atoms. The maximum atomic E-state index is 12.4. The molecule has 1 aromatic carbocycles. The van der Waals surface area contributed by atoms with Gasteiger partial charge >= 0.3 is 6.03 Å². The molecule has 1 aliphatic heterocycles. The fourth-order valence-electron chi connectivity index (χ4n) is 7.52. The van der Waals surface area contributed by atoms with Gasteiger partial charge in [-0.3, -0.25) is 19.8 Å². The van der Waals surface area contributed by atoms with E-state index >= 15 is 0 Å². The van der Waals surface area contributed by atoms with Crippen molar-refractivity contribution in [3.8, 4) is 0 Å². The van der Waals surface area contributed by atoms with Gasteiger partial charge in [0.05, 0.1) is 0 Å². The SMILES string of the molecule is CN(CCCCCCC(=O)Nc1ccc(N2CCC(=O)NC2=O)cc1)C12CC3CC(CC(C3)C1)C2. The van der Waals surface area contributed by atoms with Crippen molar-refractivity contribution >= 4 is 29.2 Å². The van der Waals surface area contributed by atoms with Crippen LogP contribution in [0, 0.1) is 17.8 Å². The van der Waals surface area contributed by atoms with Crippen LogP contribution in [0.25, 0.3) is 0 Å². The molecule has 4 saturated carbocycles. The number of hydrogen-bond donors (Lipinski definition) is 2. The molecule has 5 aliphatic rings. The highest BCUT2D eigenvalue weighted by Crippen LogP contribution is 2.57. The minimum atomic E-state index is -0.401. The first-order valence-corrected chi connectivity index (χ1v) is 13.6. The second-order valence-electron chi connectivity index (χ2n) is 11.6. The average Bonchev–Trinajstić information content (AvgIpc) is 2.81. The predicted molar refractivity (Wildman–Crippen MR) is 137 cm³/mol. The lowest BCUT2D eigenvalue weighted by atomic mass is 9.52. The van der Waals surface area contributed by atoms with E-state index in [0.29, 0.717) is 30.6 Å². The maximum Gasteiger partial charge on any atom is 0.328 e. The normalized spacial score (nSPS) is 29.5. The van der Waals surface area contributed by atoms with Crippen LogP contribution in [0.5, 0.6) is 0 Å². The number of imide groups is 1. The topological polar surface area (TPSA) is 81.8 Å². The van der Waals surface area contributed by atoms with E-state index in [1.165, 1.54) is 62.8 Å². The molecule has 6 rings (SSSR count). The predicted octanol–water partition coefficient (Wildman–Crippen LogP) is 4.92. The van der Waals surface area contributed by atoms with E-state index in [9.17, 15) is 14.4 Å². The van der Waals surface area contributed by atoms with Gasteiger partial charge in [-0.15, -0.1) is 0 Å². The van der Waals surface area contributed by atoms with Gasteiger partial charge in [-0.1, -0.05) is 12.8 Å². The standard InChI is InChI=1S/C28H40N4O3/c1-31(28-17-20-14-21(18-28)16-22(15-20)19-28)12-5-3-2-4-6-25(33)29-23-7-9-24(10-8-23)32-13-11-26(34)30-27(32)35/h7-10,20-22H,2-6,11-19H2,1H3,(H,29,33)(H,30,34,35). The molecule has 190 valence electrons. The minimum absolute atomic E-state index is 0.0322. The fraction of sp³-hybridized carbons (Fsp3) is 0.679. The number of unbranched alkanes of at least 4 members (excludes halogenated alkanes) is 3. The summed E-state index contributed by atoms with van der Waals surface area (Å²) in [6, 6.07) is 6.80. The van der Waals surface area contributed by atoms with Crippen LogP contribution < -0.4 is 15.5 Å². The number of urea groups is 1. The average molecular weight is 481 g/mol. The third-order valence-corrected chi connectivity index (χ3v) is 8.98. The number of nitrogens with one attached hydrogen (secondary N) is 2. The summed E-state index contributed by atoms with van der Waals surface area (Å²) in [6.45, 7) is 1.56. The molecule has 0 radical (unpaired) electrons. The van der Waals surface area contributed by atoms with Crippen molar-refractivity contribution in [3.63, 3.8) is 0 Å². The highest BCUT2D eigenvalue weighted by molar-refractivity contribution is 6.05. The van der Waals surface area contributed by atoms with E-state index in [0.717, 1.165) is 36.3 Å². The Hall–Kier alpha value is -2.41. The molecule has 1 saturated heterocycles. The molecule has 5 fully saturated rings. The van der Waals surface area contributed by atoms with Crippen LogP contribution in [0.4, 0.5) is 16.2 Å².